The summed E-state index contributed by atoms with van der Waals surface area (Å²) in [7, 11) is 0. The molecule has 116 valence electrons. The molecule has 0 fully saturated rings. The van der Waals surface area contributed by atoms with Gasteiger partial charge < -0.3 is 15.2 Å². The van der Waals surface area contributed by atoms with Gasteiger partial charge >= 0.3 is 5.97 Å². The Kier molecular flexibility index (Phi) is 5.55. The summed E-state index contributed by atoms with van der Waals surface area (Å²) in [5.41, 5.74) is 3.28. The molecule has 2 rings (SSSR count). The van der Waals surface area contributed by atoms with Gasteiger partial charge in [0.15, 0.2) is 0 Å². The summed E-state index contributed by atoms with van der Waals surface area (Å²) in [6, 6.07) is 15.2. The monoisotopic (exact) mass is 299 g/mol. The van der Waals surface area contributed by atoms with Crippen molar-refractivity contribution in [1.82, 2.24) is 5.32 Å². The lowest BCUT2D eigenvalue weighted by Gasteiger charge is -2.14. The second-order valence-electron chi connectivity index (χ2n) is 5.26. The number of ether oxygens (including phenoxy) is 1. The van der Waals surface area contributed by atoms with E-state index in [4.69, 9.17) is 9.84 Å². The molecule has 0 spiro atoms. The standard InChI is InChI=1S/C18H21NO3/c1-13-7-3-4-9-16(13)12-22-17-10-6-5-8-15(17)11-19-14(2)18(20)21/h3-10,14,19H,11-12H2,1-2H3,(H,20,21)/t14-/m1/s1. The van der Waals surface area contributed by atoms with Crippen LogP contribution >= 0.6 is 0 Å². The van der Waals surface area contributed by atoms with E-state index in [1.54, 1.807) is 6.92 Å². The van der Waals surface area contributed by atoms with Crippen LogP contribution in [-0.2, 0) is 17.9 Å². The normalized spacial score (nSPS) is 11.9. The van der Waals surface area contributed by atoms with Crippen molar-refractivity contribution in [2.24, 2.45) is 0 Å². The lowest BCUT2D eigenvalue weighted by Crippen LogP contribution is -2.33. The lowest BCUT2D eigenvalue weighted by atomic mass is 10.1. The Hall–Kier alpha value is -2.33. The van der Waals surface area contributed by atoms with E-state index < -0.39 is 12.0 Å². The third-order valence-electron chi connectivity index (χ3n) is 3.59. The highest BCUT2D eigenvalue weighted by Crippen LogP contribution is 2.20. The molecule has 4 nitrogen and oxygen atoms in total. The second kappa shape index (κ2) is 7.61. The maximum absolute atomic E-state index is 10.9. The summed E-state index contributed by atoms with van der Waals surface area (Å²) < 4.78 is 5.91. The van der Waals surface area contributed by atoms with Crippen LogP contribution in [0.1, 0.15) is 23.6 Å². The topological polar surface area (TPSA) is 58.6 Å². The first-order valence-corrected chi connectivity index (χ1v) is 7.29. The number of nitrogens with one attached hydrogen (secondary N) is 1. The van der Waals surface area contributed by atoms with E-state index in [2.05, 4.69) is 18.3 Å². The summed E-state index contributed by atoms with van der Waals surface area (Å²) in [5.74, 6) is -0.0887. The molecule has 1 atom stereocenters. The summed E-state index contributed by atoms with van der Waals surface area (Å²) in [4.78, 5) is 10.9. The minimum absolute atomic E-state index is 0.456. The molecule has 0 amide bonds. The number of rotatable bonds is 7. The van der Waals surface area contributed by atoms with E-state index in [9.17, 15) is 4.79 Å². The quantitative estimate of drug-likeness (QED) is 0.824. The number of aliphatic carboxylic acids is 1. The number of para-hydroxylation sites is 1. The van der Waals surface area contributed by atoms with Crippen molar-refractivity contribution in [2.75, 3.05) is 0 Å². The van der Waals surface area contributed by atoms with Gasteiger partial charge in [-0.3, -0.25) is 4.79 Å². The van der Waals surface area contributed by atoms with Crippen LogP contribution in [0.4, 0.5) is 0 Å². The Bertz CT molecular complexity index is 640. The van der Waals surface area contributed by atoms with Gasteiger partial charge in [0.1, 0.15) is 18.4 Å². The van der Waals surface area contributed by atoms with Gasteiger partial charge in [0.2, 0.25) is 0 Å². The highest BCUT2D eigenvalue weighted by Gasteiger charge is 2.11. The van der Waals surface area contributed by atoms with Crippen molar-refractivity contribution < 1.29 is 14.6 Å². The van der Waals surface area contributed by atoms with Crippen LogP contribution < -0.4 is 10.1 Å². The molecule has 2 aromatic rings. The zero-order valence-corrected chi connectivity index (χ0v) is 12.9. The average Bonchev–Trinajstić information content (AvgIpc) is 2.52. The molecular weight excluding hydrogens is 278 g/mol. The fourth-order valence-electron chi connectivity index (χ4n) is 2.07. The van der Waals surface area contributed by atoms with Crippen molar-refractivity contribution in [2.45, 2.75) is 33.0 Å². The maximum atomic E-state index is 10.9. The number of carboxylic acid groups (broad SMARTS) is 1. The van der Waals surface area contributed by atoms with Gasteiger partial charge in [-0.1, -0.05) is 42.5 Å². The molecule has 0 aliphatic rings. The average molecular weight is 299 g/mol. The number of benzene rings is 2. The predicted octanol–water partition coefficient (Wildman–Crippen LogP) is 3.14. The van der Waals surface area contributed by atoms with Crippen LogP contribution in [0, 0.1) is 6.92 Å². The second-order valence-corrected chi connectivity index (χ2v) is 5.26. The van der Waals surface area contributed by atoms with Crippen LogP contribution in [0.25, 0.3) is 0 Å². The van der Waals surface area contributed by atoms with E-state index in [0.717, 1.165) is 16.9 Å². The number of hydrogen-bond donors (Lipinski definition) is 2. The lowest BCUT2D eigenvalue weighted by molar-refractivity contribution is -0.139. The molecule has 0 radical (unpaired) electrons. The molecule has 0 aliphatic heterocycles. The summed E-state index contributed by atoms with van der Waals surface area (Å²) in [5, 5.41) is 11.9. The van der Waals surface area contributed by atoms with E-state index >= 15 is 0 Å². The molecule has 0 bridgehead atoms. The first-order valence-electron chi connectivity index (χ1n) is 7.29. The van der Waals surface area contributed by atoms with E-state index in [-0.39, 0.29) is 0 Å². The van der Waals surface area contributed by atoms with Gasteiger partial charge in [0.25, 0.3) is 0 Å². The highest BCUT2D eigenvalue weighted by atomic mass is 16.5. The van der Waals surface area contributed by atoms with Gasteiger partial charge in [-0.25, -0.2) is 0 Å². The van der Waals surface area contributed by atoms with E-state index in [0.29, 0.717) is 13.2 Å². The Balaban J connectivity index is 2.02. The van der Waals surface area contributed by atoms with E-state index in [1.165, 1.54) is 5.56 Å². The molecule has 0 aliphatic carbocycles. The van der Waals surface area contributed by atoms with Gasteiger partial charge in [-0.05, 0) is 31.0 Å². The van der Waals surface area contributed by atoms with Crippen molar-refractivity contribution >= 4 is 5.97 Å². The van der Waals surface area contributed by atoms with Gasteiger partial charge in [-0.15, -0.1) is 0 Å². The SMILES string of the molecule is Cc1ccccc1COc1ccccc1CN[C@H](C)C(=O)O. The first kappa shape index (κ1) is 16.0. The molecule has 22 heavy (non-hydrogen) atoms. The minimum atomic E-state index is -0.863. The number of hydrogen-bond acceptors (Lipinski definition) is 3. The number of carboxylic acids is 1. The minimum Gasteiger partial charge on any atom is -0.489 e. The summed E-state index contributed by atoms with van der Waals surface area (Å²) in [6.45, 7) is 4.63. The molecular formula is C18H21NO3. The summed E-state index contributed by atoms with van der Waals surface area (Å²) in [6.07, 6.45) is 0. The Morgan fingerprint density at radius 1 is 1.14 bits per heavy atom. The Morgan fingerprint density at radius 3 is 2.45 bits per heavy atom. The smallest absolute Gasteiger partial charge is 0.320 e. The molecule has 0 saturated carbocycles. The van der Waals surface area contributed by atoms with Crippen LogP contribution in [0.2, 0.25) is 0 Å². The van der Waals surface area contributed by atoms with Crippen LogP contribution in [0.15, 0.2) is 48.5 Å². The summed E-state index contributed by atoms with van der Waals surface area (Å²) >= 11 is 0. The predicted molar refractivity (Wildman–Crippen MR) is 85.9 cm³/mol. The molecule has 0 aromatic heterocycles. The van der Waals surface area contributed by atoms with Gasteiger partial charge in [-0.2, -0.15) is 0 Å². The van der Waals surface area contributed by atoms with Crippen LogP contribution in [0.5, 0.6) is 5.75 Å². The molecule has 4 heteroatoms. The third kappa shape index (κ3) is 4.33. The largest absolute Gasteiger partial charge is 0.489 e. The van der Waals surface area contributed by atoms with Crippen molar-refractivity contribution in [3.05, 3.63) is 65.2 Å². The van der Waals surface area contributed by atoms with Crippen LogP contribution in [-0.4, -0.2) is 17.1 Å². The fourth-order valence-corrected chi connectivity index (χ4v) is 2.07. The maximum Gasteiger partial charge on any atom is 0.320 e. The van der Waals surface area contributed by atoms with Crippen molar-refractivity contribution in [3.63, 3.8) is 0 Å². The zero-order chi connectivity index (χ0) is 15.9. The highest BCUT2D eigenvalue weighted by molar-refractivity contribution is 5.72. The molecule has 0 heterocycles. The van der Waals surface area contributed by atoms with Gasteiger partial charge in [0, 0.05) is 12.1 Å². The number of aryl methyl sites for hydroxylation is 1. The van der Waals surface area contributed by atoms with E-state index in [1.807, 2.05) is 42.5 Å². The molecule has 0 saturated heterocycles. The fraction of sp³-hybridized carbons (Fsp3) is 0.278. The first-order chi connectivity index (χ1) is 10.6. The van der Waals surface area contributed by atoms with Crippen molar-refractivity contribution in [1.29, 1.82) is 0 Å². The number of carbonyl (C=O) groups is 1. The van der Waals surface area contributed by atoms with Crippen LogP contribution in [0.3, 0.4) is 0 Å². The Morgan fingerprint density at radius 2 is 1.77 bits per heavy atom. The van der Waals surface area contributed by atoms with Gasteiger partial charge in [0.05, 0.1) is 0 Å². The zero-order valence-electron chi connectivity index (χ0n) is 12.9. The molecule has 2 aromatic carbocycles. The third-order valence-corrected chi connectivity index (χ3v) is 3.59. The molecule has 0 unspecified atom stereocenters. The molecule has 2 N–H and O–H groups in total. The van der Waals surface area contributed by atoms with Crippen molar-refractivity contribution in [3.8, 4) is 5.75 Å². The Labute approximate surface area is 130 Å².